The van der Waals surface area contributed by atoms with Gasteiger partial charge in [0, 0.05) is 12.6 Å². The van der Waals surface area contributed by atoms with Crippen LogP contribution in [0.5, 0.6) is 11.5 Å². The maximum absolute atomic E-state index is 11.9. The first-order chi connectivity index (χ1) is 12.7. The number of hydrogen-bond acceptors (Lipinski definition) is 5. The lowest BCUT2D eigenvalue weighted by Gasteiger charge is -2.04. The molecule has 1 amide bonds. The quantitative estimate of drug-likeness (QED) is 0.638. The predicted molar refractivity (Wildman–Crippen MR) is 96.1 cm³/mol. The van der Waals surface area contributed by atoms with Crippen LogP contribution >= 0.6 is 0 Å². The van der Waals surface area contributed by atoms with Gasteiger partial charge in [0.25, 0.3) is 0 Å². The Morgan fingerprint density at radius 3 is 2.65 bits per heavy atom. The molecule has 1 aliphatic rings. The minimum Gasteiger partial charge on any atom is -0.465 e. The zero-order valence-corrected chi connectivity index (χ0v) is 14.4. The molecule has 1 N–H and O–H groups in total. The molecule has 0 saturated heterocycles. The number of methoxy groups -OCH3 is 1. The Hall–Kier alpha value is -3.28. The SMILES string of the molecule is COC(=O)c1ccc(/C=C/C(=O)NCCc2ccc3c(c2)OCO3)cc1. The fourth-order valence-corrected chi connectivity index (χ4v) is 2.51. The number of rotatable bonds is 6. The van der Waals surface area contributed by atoms with E-state index in [0.29, 0.717) is 18.5 Å². The van der Waals surface area contributed by atoms with Gasteiger partial charge in [-0.3, -0.25) is 4.79 Å². The number of hydrogen-bond donors (Lipinski definition) is 1. The number of fused-ring (bicyclic) bond motifs is 1. The number of ether oxygens (including phenoxy) is 3. The van der Waals surface area contributed by atoms with Crippen molar-refractivity contribution in [2.45, 2.75) is 6.42 Å². The first kappa shape index (κ1) is 17.5. The normalized spacial score (nSPS) is 12.2. The van der Waals surface area contributed by atoms with E-state index >= 15 is 0 Å². The van der Waals surface area contributed by atoms with Crippen LogP contribution in [-0.4, -0.2) is 32.3 Å². The van der Waals surface area contributed by atoms with E-state index in [4.69, 9.17) is 9.47 Å². The number of benzene rings is 2. The molecule has 6 heteroatoms. The summed E-state index contributed by atoms with van der Waals surface area (Å²) in [4.78, 5) is 23.3. The van der Waals surface area contributed by atoms with Crippen LogP contribution in [0.15, 0.2) is 48.5 Å². The van der Waals surface area contributed by atoms with Crippen molar-refractivity contribution in [2.24, 2.45) is 0 Å². The fraction of sp³-hybridized carbons (Fsp3) is 0.200. The Bertz CT molecular complexity index is 827. The van der Waals surface area contributed by atoms with Gasteiger partial charge in [0.05, 0.1) is 12.7 Å². The van der Waals surface area contributed by atoms with E-state index < -0.39 is 0 Å². The van der Waals surface area contributed by atoms with Crippen LogP contribution in [0.1, 0.15) is 21.5 Å². The monoisotopic (exact) mass is 353 g/mol. The van der Waals surface area contributed by atoms with Crippen molar-refractivity contribution in [1.82, 2.24) is 5.32 Å². The standard InChI is InChI=1S/C20H19NO5/c1-24-20(23)16-6-2-14(3-7-16)5-9-19(22)21-11-10-15-4-8-17-18(12-15)26-13-25-17/h2-9,12H,10-11,13H2,1H3,(H,21,22)/b9-5+. The molecule has 0 fully saturated rings. The smallest absolute Gasteiger partial charge is 0.337 e. The van der Waals surface area contributed by atoms with E-state index in [0.717, 1.165) is 22.6 Å². The Balaban J connectivity index is 1.46. The summed E-state index contributed by atoms with van der Waals surface area (Å²) in [6.07, 6.45) is 3.85. The molecule has 6 nitrogen and oxygen atoms in total. The Kier molecular flexibility index (Phi) is 5.53. The molecular formula is C20H19NO5. The summed E-state index contributed by atoms with van der Waals surface area (Å²) >= 11 is 0. The average Bonchev–Trinajstić information content (AvgIpc) is 3.14. The molecule has 134 valence electrons. The van der Waals surface area contributed by atoms with Crippen molar-refractivity contribution in [3.63, 3.8) is 0 Å². The van der Waals surface area contributed by atoms with E-state index in [2.05, 4.69) is 10.1 Å². The highest BCUT2D eigenvalue weighted by Crippen LogP contribution is 2.32. The second-order valence-electron chi connectivity index (χ2n) is 5.68. The highest BCUT2D eigenvalue weighted by Gasteiger charge is 2.12. The zero-order chi connectivity index (χ0) is 18.4. The van der Waals surface area contributed by atoms with Gasteiger partial charge >= 0.3 is 5.97 Å². The molecule has 0 spiro atoms. The summed E-state index contributed by atoms with van der Waals surface area (Å²) in [7, 11) is 1.34. The minimum atomic E-state index is -0.387. The average molecular weight is 353 g/mol. The lowest BCUT2D eigenvalue weighted by Crippen LogP contribution is -2.23. The topological polar surface area (TPSA) is 73.9 Å². The van der Waals surface area contributed by atoms with Gasteiger partial charge in [0.2, 0.25) is 12.7 Å². The third kappa shape index (κ3) is 4.42. The summed E-state index contributed by atoms with van der Waals surface area (Å²) in [5, 5.41) is 2.84. The summed E-state index contributed by atoms with van der Waals surface area (Å²) in [5.74, 6) is 0.924. The third-order valence-electron chi connectivity index (χ3n) is 3.91. The molecule has 1 heterocycles. The third-order valence-corrected chi connectivity index (χ3v) is 3.91. The van der Waals surface area contributed by atoms with Gasteiger partial charge in [-0.25, -0.2) is 4.79 Å². The molecule has 3 rings (SSSR count). The molecule has 26 heavy (non-hydrogen) atoms. The van der Waals surface area contributed by atoms with Crippen LogP contribution in [0.3, 0.4) is 0 Å². The molecule has 0 unspecified atom stereocenters. The number of carbonyl (C=O) groups excluding carboxylic acids is 2. The summed E-state index contributed by atoms with van der Waals surface area (Å²) in [5.41, 5.74) is 2.36. The van der Waals surface area contributed by atoms with E-state index in [1.54, 1.807) is 30.3 Å². The lowest BCUT2D eigenvalue weighted by molar-refractivity contribution is -0.116. The Morgan fingerprint density at radius 2 is 1.88 bits per heavy atom. The number of carbonyl (C=O) groups is 2. The minimum absolute atomic E-state index is 0.178. The zero-order valence-electron chi connectivity index (χ0n) is 14.4. The van der Waals surface area contributed by atoms with Crippen LogP contribution in [-0.2, 0) is 16.0 Å². The first-order valence-corrected chi connectivity index (χ1v) is 8.18. The second-order valence-corrected chi connectivity index (χ2v) is 5.68. The number of esters is 1. The summed E-state index contributed by atoms with van der Waals surface area (Å²) < 4.78 is 15.2. The van der Waals surface area contributed by atoms with E-state index in [1.807, 2.05) is 18.2 Å². The highest BCUT2D eigenvalue weighted by molar-refractivity contribution is 5.92. The Morgan fingerprint density at radius 1 is 1.12 bits per heavy atom. The van der Waals surface area contributed by atoms with Crippen LogP contribution in [0.4, 0.5) is 0 Å². The molecule has 0 aromatic heterocycles. The largest absolute Gasteiger partial charge is 0.465 e. The van der Waals surface area contributed by atoms with Crippen molar-refractivity contribution >= 4 is 18.0 Å². The number of amides is 1. The molecule has 2 aromatic carbocycles. The van der Waals surface area contributed by atoms with E-state index in [-0.39, 0.29) is 18.7 Å². The van der Waals surface area contributed by atoms with Crippen molar-refractivity contribution in [3.8, 4) is 11.5 Å². The molecule has 0 radical (unpaired) electrons. The highest BCUT2D eigenvalue weighted by atomic mass is 16.7. The summed E-state index contributed by atoms with van der Waals surface area (Å²) in [6.45, 7) is 0.769. The van der Waals surface area contributed by atoms with Gasteiger partial charge in [-0.05, 0) is 47.9 Å². The molecular weight excluding hydrogens is 334 g/mol. The molecule has 0 saturated carbocycles. The van der Waals surface area contributed by atoms with Crippen molar-refractivity contribution < 1.29 is 23.8 Å². The Labute approximate surface area is 151 Å². The van der Waals surface area contributed by atoms with Crippen LogP contribution < -0.4 is 14.8 Å². The van der Waals surface area contributed by atoms with Gasteiger partial charge in [-0.15, -0.1) is 0 Å². The van der Waals surface area contributed by atoms with Crippen LogP contribution in [0.25, 0.3) is 6.08 Å². The van der Waals surface area contributed by atoms with Gasteiger partial charge in [-0.1, -0.05) is 18.2 Å². The van der Waals surface area contributed by atoms with Crippen molar-refractivity contribution in [3.05, 3.63) is 65.2 Å². The lowest BCUT2D eigenvalue weighted by atomic mass is 10.1. The second kappa shape index (κ2) is 8.20. The maximum atomic E-state index is 11.9. The fourth-order valence-electron chi connectivity index (χ4n) is 2.51. The predicted octanol–water partition coefficient (Wildman–Crippen LogP) is 2.57. The van der Waals surface area contributed by atoms with E-state index in [9.17, 15) is 9.59 Å². The van der Waals surface area contributed by atoms with Gasteiger partial charge in [0.15, 0.2) is 11.5 Å². The van der Waals surface area contributed by atoms with Gasteiger partial charge in [-0.2, -0.15) is 0 Å². The van der Waals surface area contributed by atoms with Crippen molar-refractivity contribution in [2.75, 3.05) is 20.4 Å². The van der Waals surface area contributed by atoms with Gasteiger partial charge in [0.1, 0.15) is 0 Å². The molecule has 0 atom stereocenters. The maximum Gasteiger partial charge on any atom is 0.337 e. The number of nitrogens with one attached hydrogen (secondary N) is 1. The van der Waals surface area contributed by atoms with Crippen LogP contribution in [0.2, 0.25) is 0 Å². The van der Waals surface area contributed by atoms with Crippen molar-refractivity contribution in [1.29, 1.82) is 0 Å². The van der Waals surface area contributed by atoms with Gasteiger partial charge < -0.3 is 19.5 Å². The molecule has 1 aliphatic heterocycles. The summed E-state index contributed by atoms with van der Waals surface area (Å²) in [6, 6.07) is 12.6. The first-order valence-electron chi connectivity index (χ1n) is 8.18. The van der Waals surface area contributed by atoms with Crippen LogP contribution in [0, 0.1) is 0 Å². The van der Waals surface area contributed by atoms with E-state index in [1.165, 1.54) is 13.2 Å². The molecule has 0 bridgehead atoms. The molecule has 2 aromatic rings. The molecule has 0 aliphatic carbocycles.